The summed E-state index contributed by atoms with van der Waals surface area (Å²) in [7, 11) is 1.69. The van der Waals surface area contributed by atoms with E-state index in [1.165, 1.54) is 4.90 Å². The van der Waals surface area contributed by atoms with Gasteiger partial charge in [-0.25, -0.2) is 0 Å². The van der Waals surface area contributed by atoms with Gasteiger partial charge in [-0.2, -0.15) is 0 Å². The van der Waals surface area contributed by atoms with Crippen LogP contribution in [-0.2, 0) is 4.79 Å². The zero-order valence-corrected chi connectivity index (χ0v) is 13.1. The maximum absolute atomic E-state index is 12.8. The Kier molecular flexibility index (Phi) is 3.06. The molecule has 5 nitrogen and oxygen atoms in total. The van der Waals surface area contributed by atoms with Crippen LogP contribution in [0.1, 0.15) is 5.56 Å². The Hall–Kier alpha value is -2.53. The van der Waals surface area contributed by atoms with Crippen molar-refractivity contribution in [2.45, 2.75) is 6.04 Å². The van der Waals surface area contributed by atoms with E-state index in [0.717, 1.165) is 5.56 Å². The molecule has 1 saturated heterocycles. The lowest BCUT2D eigenvalue weighted by molar-refractivity contribution is -0.112. The summed E-state index contributed by atoms with van der Waals surface area (Å²) in [6.45, 7) is 0. The van der Waals surface area contributed by atoms with Crippen LogP contribution in [0.5, 0.6) is 0 Å². The summed E-state index contributed by atoms with van der Waals surface area (Å²) in [5, 5.41) is 16.8. The maximum Gasteiger partial charge on any atom is 0.260 e. The molecule has 0 bridgehead atoms. The lowest BCUT2D eigenvalue weighted by Gasteiger charge is -2.13. The highest BCUT2D eigenvalue weighted by molar-refractivity contribution is 6.42. The summed E-state index contributed by atoms with van der Waals surface area (Å²) < 4.78 is 0. The number of rotatable bonds is 0. The average molecular weight is 328 g/mol. The second-order valence-electron chi connectivity index (χ2n) is 5.70. The summed E-state index contributed by atoms with van der Waals surface area (Å²) in [6.07, 6.45) is 7.80. The van der Waals surface area contributed by atoms with Gasteiger partial charge in [0.2, 0.25) is 0 Å². The lowest BCUT2D eigenvalue weighted by Crippen LogP contribution is -2.26. The number of hydrogen-bond acceptors (Lipinski definition) is 4. The van der Waals surface area contributed by atoms with Gasteiger partial charge < -0.3 is 15.4 Å². The molecule has 0 radical (unpaired) electrons. The summed E-state index contributed by atoms with van der Waals surface area (Å²) in [5.41, 5.74) is 2.97. The molecule has 2 aliphatic heterocycles. The first-order chi connectivity index (χ1) is 11.1. The highest BCUT2D eigenvalue weighted by atomic mass is 35.5. The zero-order chi connectivity index (χ0) is 16.1. The van der Waals surface area contributed by atoms with E-state index < -0.39 is 0 Å². The SMILES string of the molecule is CN1C(=O)/C(=C2\NC3C=CC=CC3\C2=N\O)c2cccc(Cl)c21. The molecule has 3 aliphatic rings. The fraction of sp³-hybridized carbons (Fsp3) is 0.176. The van der Waals surface area contributed by atoms with Gasteiger partial charge in [-0.1, -0.05) is 53.2 Å². The summed E-state index contributed by atoms with van der Waals surface area (Å²) in [5.74, 6) is -0.253. The molecule has 1 aliphatic carbocycles. The number of carbonyl (C=O) groups excluding carboxylic acids is 1. The normalized spacial score (nSPS) is 29.9. The van der Waals surface area contributed by atoms with Crippen molar-refractivity contribution in [2.24, 2.45) is 11.1 Å². The van der Waals surface area contributed by atoms with Gasteiger partial charge in [0.15, 0.2) is 0 Å². The van der Waals surface area contributed by atoms with Crippen LogP contribution in [0.25, 0.3) is 5.57 Å². The minimum absolute atomic E-state index is 0.0188. The third-order valence-electron chi connectivity index (χ3n) is 4.49. The van der Waals surface area contributed by atoms with Crippen LogP contribution in [0.4, 0.5) is 5.69 Å². The van der Waals surface area contributed by atoms with Crippen molar-refractivity contribution in [3.63, 3.8) is 0 Å². The van der Waals surface area contributed by atoms with Crippen LogP contribution in [0, 0.1) is 5.92 Å². The number of nitrogens with zero attached hydrogens (tertiary/aromatic N) is 2. The number of likely N-dealkylation sites (N-methyl/N-ethyl adjacent to an activating group) is 1. The van der Waals surface area contributed by atoms with Crippen molar-refractivity contribution in [2.75, 3.05) is 11.9 Å². The Balaban J connectivity index is 1.95. The standard InChI is InChI=1S/C17H14ClN3O2/c1-21-16-10(6-4-7-11(16)18)13(17(21)22)15-14(20-23)9-5-2-3-8-12(9)19-15/h2-9,12,19,23H,1H3/b15-13-,20-14-. The van der Waals surface area contributed by atoms with Crippen molar-refractivity contribution in [3.8, 4) is 0 Å². The number of anilines is 1. The molecular weight excluding hydrogens is 314 g/mol. The molecule has 2 N–H and O–H groups in total. The van der Waals surface area contributed by atoms with Crippen molar-refractivity contribution >= 4 is 34.5 Å². The number of nitrogens with one attached hydrogen (secondary N) is 1. The van der Waals surface area contributed by atoms with Crippen molar-refractivity contribution in [3.05, 3.63) is 58.8 Å². The van der Waals surface area contributed by atoms with E-state index in [9.17, 15) is 10.0 Å². The number of para-hydroxylation sites is 1. The van der Waals surface area contributed by atoms with Crippen LogP contribution in [0.3, 0.4) is 0 Å². The Morgan fingerprint density at radius 3 is 2.87 bits per heavy atom. The second kappa shape index (κ2) is 4.99. The molecule has 1 fully saturated rings. The van der Waals surface area contributed by atoms with Crippen molar-refractivity contribution in [1.82, 2.24) is 5.32 Å². The van der Waals surface area contributed by atoms with Crippen LogP contribution < -0.4 is 10.2 Å². The molecule has 2 atom stereocenters. The van der Waals surface area contributed by atoms with E-state index >= 15 is 0 Å². The van der Waals surface area contributed by atoms with Gasteiger partial charge in [0.1, 0.15) is 5.71 Å². The number of amides is 1. The van der Waals surface area contributed by atoms with Gasteiger partial charge in [-0.15, -0.1) is 0 Å². The third-order valence-corrected chi connectivity index (χ3v) is 4.79. The number of hydrogen-bond donors (Lipinski definition) is 2. The van der Waals surface area contributed by atoms with Gasteiger partial charge in [0, 0.05) is 18.5 Å². The first-order valence-corrected chi connectivity index (χ1v) is 7.66. The lowest BCUT2D eigenvalue weighted by atomic mass is 9.93. The fourth-order valence-electron chi connectivity index (χ4n) is 3.41. The summed E-state index contributed by atoms with van der Waals surface area (Å²) in [6, 6.07) is 5.41. The number of benzene rings is 1. The molecule has 0 aromatic heterocycles. The van der Waals surface area contributed by atoms with E-state index in [1.807, 2.05) is 36.4 Å². The molecule has 1 aromatic rings. The summed E-state index contributed by atoms with van der Waals surface area (Å²) >= 11 is 6.26. The van der Waals surface area contributed by atoms with E-state index in [2.05, 4.69) is 10.5 Å². The average Bonchev–Trinajstić information content (AvgIpc) is 3.04. The third kappa shape index (κ3) is 1.86. The van der Waals surface area contributed by atoms with Crippen LogP contribution in [0.15, 0.2) is 53.4 Å². The molecule has 2 unspecified atom stereocenters. The van der Waals surface area contributed by atoms with E-state index in [1.54, 1.807) is 13.1 Å². The molecule has 4 rings (SSSR count). The summed E-state index contributed by atoms with van der Waals surface area (Å²) in [4.78, 5) is 14.3. The maximum atomic E-state index is 12.8. The molecule has 1 amide bonds. The van der Waals surface area contributed by atoms with Gasteiger partial charge in [0.05, 0.1) is 28.0 Å². The van der Waals surface area contributed by atoms with Crippen molar-refractivity contribution < 1.29 is 10.0 Å². The van der Waals surface area contributed by atoms with Gasteiger partial charge >= 0.3 is 0 Å². The van der Waals surface area contributed by atoms with E-state index in [4.69, 9.17) is 11.6 Å². The number of halogens is 1. The van der Waals surface area contributed by atoms with Crippen LogP contribution in [-0.4, -0.2) is 29.9 Å². The molecule has 2 heterocycles. The minimum Gasteiger partial charge on any atom is -0.411 e. The first kappa shape index (κ1) is 14.1. The smallest absolute Gasteiger partial charge is 0.260 e. The second-order valence-corrected chi connectivity index (χ2v) is 6.11. The minimum atomic E-state index is -0.164. The van der Waals surface area contributed by atoms with E-state index in [0.29, 0.717) is 27.7 Å². The van der Waals surface area contributed by atoms with Crippen molar-refractivity contribution in [1.29, 1.82) is 0 Å². The fourth-order valence-corrected chi connectivity index (χ4v) is 3.72. The van der Waals surface area contributed by atoms with E-state index in [-0.39, 0.29) is 17.9 Å². The highest BCUT2D eigenvalue weighted by Crippen LogP contribution is 2.43. The Bertz CT molecular complexity index is 838. The topological polar surface area (TPSA) is 64.9 Å². The monoisotopic (exact) mass is 327 g/mol. The van der Waals surface area contributed by atoms with Gasteiger partial charge in [-0.3, -0.25) is 4.79 Å². The molecule has 0 spiro atoms. The van der Waals surface area contributed by atoms with Crippen LogP contribution in [0.2, 0.25) is 5.02 Å². The Morgan fingerprint density at radius 1 is 1.30 bits per heavy atom. The Morgan fingerprint density at radius 2 is 2.09 bits per heavy atom. The number of carbonyl (C=O) groups is 1. The predicted molar refractivity (Wildman–Crippen MR) is 89.7 cm³/mol. The predicted octanol–water partition coefficient (Wildman–Crippen LogP) is 2.57. The van der Waals surface area contributed by atoms with Crippen LogP contribution >= 0.6 is 11.6 Å². The zero-order valence-electron chi connectivity index (χ0n) is 12.3. The molecular formula is C17H14ClN3O2. The van der Waals surface area contributed by atoms with Gasteiger partial charge in [0.25, 0.3) is 5.91 Å². The molecule has 23 heavy (non-hydrogen) atoms. The number of oxime groups is 1. The highest BCUT2D eigenvalue weighted by Gasteiger charge is 2.42. The largest absolute Gasteiger partial charge is 0.411 e. The molecule has 116 valence electrons. The molecule has 6 heteroatoms. The quantitative estimate of drug-likeness (QED) is 0.437. The number of allylic oxidation sites excluding steroid dienone is 3. The Labute approximate surface area is 138 Å². The van der Waals surface area contributed by atoms with Gasteiger partial charge in [-0.05, 0) is 6.07 Å². The number of fused-ring (bicyclic) bond motifs is 2. The first-order valence-electron chi connectivity index (χ1n) is 7.28. The molecule has 1 aromatic carbocycles. The molecule has 0 saturated carbocycles.